The van der Waals surface area contributed by atoms with Crippen molar-refractivity contribution in [3.8, 4) is 0 Å². The van der Waals surface area contributed by atoms with Crippen molar-refractivity contribution >= 4 is 11.8 Å². The average molecular weight is 166 g/mol. The van der Waals surface area contributed by atoms with Gasteiger partial charge in [-0.15, -0.1) is 0 Å². The number of carbonyl (C=O) groups excluding carboxylic acids is 2. The Morgan fingerprint density at radius 3 is 3.08 bits per heavy atom. The van der Waals surface area contributed by atoms with Crippen molar-refractivity contribution in [1.29, 1.82) is 0 Å². The van der Waals surface area contributed by atoms with Gasteiger partial charge in [0, 0.05) is 19.5 Å². The summed E-state index contributed by atoms with van der Waals surface area (Å²) in [6.45, 7) is 1.22. The third-order valence-corrected chi connectivity index (χ3v) is 2.19. The summed E-state index contributed by atoms with van der Waals surface area (Å²) in [6.07, 6.45) is 3.98. The van der Waals surface area contributed by atoms with Crippen LogP contribution in [-0.4, -0.2) is 35.8 Å². The van der Waals surface area contributed by atoms with Crippen LogP contribution in [0.15, 0.2) is 12.2 Å². The Labute approximate surface area is 70.2 Å². The standard InChI is InChI=1S/C8H10N2O2/c11-7-3-1-2-6-8(12)9-4-5-10(6)7/h1-2,6H,3-5H2,(H,9,12). The maximum absolute atomic E-state index is 11.3. The minimum Gasteiger partial charge on any atom is -0.352 e. The zero-order valence-corrected chi connectivity index (χ0v) is 6.62. The van der Waals surface area contributed by atoms with Gasteiger partial charge in [0.25, 0.3) is 0 Å². The fourth-order valence-electron chi connectivity index (χ4n) is 1.57. The maximum atomic E-state index is 11.3. The van der Waals surface area contributed by atoms with Gasteiger partial charge in [-0.3, -0.25) is 9.59 Å². The molecule has 0 aliphatic carbocycles. The monoisotopic (exact) mass is 166 g/mol. The van der Waals surface area contributed by atoms with Crippen LogP contribution in [0.1, 0.15) is 6.42 Å². The molecule has 0 spiro atoms. The van der Waals surface area contributed by atoms with E-state index in [9.17, 15) is 9.59 Å². The van der Waals surface area contributed by atoms with Crippen molar-refractivity contribution in [2.45, 2.75) is 12.5 Å². The van der Waals surface area contributed by atoms with Gasteiger partial charge in [0.05, 0.1) is 0 Å². The van der Waals surface area contributed by atoms with Gasteiger partial charge in [0.15, 0.2) is 0 Å². The van der Waals surface area contributed by atoms with E-state index < -0.39 is 0 Å². The van der Waals surface area contributed by atoms with Crippen LogP contribution in [0, 0.1) is 0 Å². The Bertz CT molecular complexity index is 260. The fourth-order valence-corrected chi connectivity index (χ4v) is 1.57. The first-order valence-electron chi connectivity index (χ1n) is 4.03. The molecule has 2 aliphatic rings. The van der Waals surface area contributed by atoms with E-state index in [0.717, 1.165) is 0 Å². The number of amides is 2. The highest BCUT2D eigenvalue weighted by atomic mass is 16.2. The zero-order chi connectivity index (χ0) is 8.55. The Morgan fingerprint density at radius 2 is 2.33 bits per heavy atom. The number of rotatable bonds is 0. The topological polar surface area (TPSA) is 49.4 Å². The number of carbonyl (C=O) groups is 2. The van der Waals surface area contributed by atoms with Gasteiger partial charge in [-0.25, -0.2) is 0 Å². The summed E-state index contributed by atoms with van der Waals surface area (Å²) < 4.78 is 0. The Kier molecular flexibility index (Phi) is 1.60. The van der Waals surface area contributed by atoms with E-state index in [4.69, 9.17) is 0 Å². The van der Waals surface area contributed by atoms with Crippen molar-refractivity contribution in [2.24, 2.45) is 0 Å². The van der Waals surface area contributed by atoms with Crippen LogP contribution in [0.2, 0.25) is 0 Å². The zero-order valence-electron chi connectivity index (χ0n) is 6.62. The van der Waals surface area contributed by atoms with Crippen molar-refractivity contribution in [3.63, 3.8) is 0 Å². The van der Waals surface area contributed by atoms with E-state index >= 15 is 0 Å². The molecule has 2 heterocycles. The molecule has 1 atom stereocenters. The first kappa shape index (κ1) is 7.34. The van der Waals surface area contributed by atoms with Crippen LogP contribution in [0.5, 0.6) is 0 Å². The molecule has 64 valence electrons. The third-order valence-electron chi connectivity index (χ3n) is 2.19. The second-order valence-corrected chi connectivity index (χ2v) is 2.96. The molecule has 12 heavy (non-hydrogen) atoms. The second kappa shape index (κ2) is 2.62. The number of piperazine rings is 1. The first-order chi connectivity index (χ1) is 5.79. The highest BCUT2D eigenvalue weighted by Crippen LogP contribution is 2.13. The van der Waals surface area contributed by atoms with Crippen molar-refractivity contribution in [3.05, 3.63) is 12.2 Å². The molecule has 2 rings (SSSR count). The van der Waals surface area contributed by atoms with Gasteiger partial charge in [0.1, 0.15) is 6.04 Å². The van der Waals surface area contributed by atoms with Gasteiger partial charge in [-0.2, -0.15) is 0 Å². The van der Waals surface area contributed by atoms with Gasteiger partial charge < -0.3 is 10.2 Å². The van der Waals surface area contributed by atoms with E-state index in [2.05, 4.69) is 5.32 Å². The highest BCUT2D eigenvalue weighted by Gasteiger charge is 2.32. The van der Waals surface area contributed by atoms with Crippen molar-refractivity contribution < 1.29 is 9.59 Å². The highest BCUT2D eigenvalue weighted by molar-refractivity contribution is 5.92. The summed E-state index contributed by atoms with van der Waals surface area (Å²) in [5, 5.41) is 2.72. The lowest BCUT2D eigenvalue weighted by atomic mass is 10.1. The summed E-state index contributed by atoms with van der Waals surface area (Å²) in [5.74, 6) is -0.0112. The normalized spacial score (nSPS) is 28.3. The molecule has 4 heteroatoms. The first-order valence-corrected chi connectivity index (χ1v) is 4.03. The molecule has 0 saturated carbocycles. The number of nitrogens with zero attached hydrogens (tertiary/aromatic N) is 1. The summed E-state index contributed by atoms with van der Waals surface area (Å²) in [7, 11) is 0. The molecular formula is C8H10N2O2. The van der Waals surface area contributed by atoms with Crippen LogP contribution in [-0.2, 0) is 9.59 Å². The number of nitrogens with one attached hydrogen (secondary N) is 1. The van der Waals surface area contributed by atoms with Crippen LogP contribution in [0.25, 0.3) is 0 Å². The van der Waals surface area contributed by atoms with Crippen LogP contribution in [0.4, 0.5) is 0 Å². The molecule has 1 unspecified atom stereocenters. The van der Waals surface area contributed by atoms with E-state index in [-0.39, 0.29) is 17.9 Å². The Morgan fingerprint density at radius 1 is 1.50 bits per heavy atom. The van der Waals surface area contributed by atoms with E-state index in [0.29, 0.717) is 19.5 Å². The maximum Gasteiger partial charge on any atom is 0.246 e. The van der Waals surface area contributed by atoms with Gasteiger partial charge in [-0.05, 0) is 0 Å². The van der Waals surface area contributed by atoms with Crippen molar-refractivity contribution in [1.82, 2.24) is 10.2 Å². The molecule has 0 bridgehead atoms. The van der Waals surface area contributed by atoms with Crippen LogP contribution in [0.3, 0.4) is 0 Å². The van der Waals surface area contributed by atoms with Gasteiger partial charge in [0.2, 0.25) is 11.8 Å². The number of fused-ring (bicyclic) bond motifs is 1. The molecule has 0 aromatic rings. The fraction of sp³-hybridized carbons (Fsp3) is 0.500. The lowest BCUT2D eigenvalue weighted by Gasteiger charge is -2.35. The molecular weight excluding hydrogens is 156 g/mol. The smallest absolute Gasteiger partial charge is 0.246 e. The lowest BCUT2D eigenvalue weighted by molar-refractivity contribution is -0.141. The summed E-state index contributed by atoms with van der Waals surface area (Å²) in [4.78, 5) is 24.1. The molecule has 0 radical (unpaired) electrons. The number of hydrogen-bond donors (Lipinski definition) is 1. The van der Waals surface area contributed by atoms with Gasteiger partial charge in [-0.1, -0.05) is 12.2 Å². The number of hydrogen-bond acceptors (Lipinski definition) is 2. The largest absolute Gasteiger partial charge is 0.352 e. The average Bonchev–Trinajstić information content (AvgIpc) is 2.07. The molecule has 2 amide bonds. The van der Waals surface area contributed by atoms with Crippen molar-refractivity contribution in [2.75, 3.05) is 13.1 Å². The predicted molar refractivity (Wildman–Crippen MR) is 42.3 cm³/mol. The molecule has 2 aliphatic heterocycles. The minimum absolute atomic E-state index is 0.0531. The van der Waals surface area contributed by atoms with E-state index in [1.807, 2.05) is 0 Å². The molecule has 1 N–H and O–H groups in total. The molecule has 0 aromatic carbocycles. The molecule has 4 nitrogen and oxygen atoms in total. The van der Waals surface area contributed by atoms with E-state index in [1.54, 1.807) is 17.1 Å². The summed E-state index contributed by atoms with van der Waals surface area (Å²) in [6, 6.07) is -0.347. The van der Waals surface area contributed by atoms with Crippen LogP contribution >= 0.6 is 0 Å². The SMILES string of the molecule is O=C1NCCN2C(=O)CC=CC12. The Hall–Kier alpha value is -1.32. The minimum atomic E-state index is -0.347. The summed E-state index contributed by atoms with van der Waals surface area (Å²) >= 11 is 0. The van der Waals surface area contributed by atoms with Crippen LogP contribution < -0.4 is 5.32 Å². The molecule has 1 fully saturated rings. The molecule has 0 aromatic heterocycles. The summed E-state index contributed by atoms with van der Waals surface area (Å²) in [5.41, 5.74) is 0. The van der Waals surface area contributed by atoms with E-state index in [1.165, 1.54) is 0 Å². The second-order valence-electron chi connectivity index (χ2n) is 2.96. The quantitative estimate of drug-likeness (QED) is 0.482. The predicted octanol–water partition coefficient (Wildman–Crippen LogP) is -0.727. The third kappa shape index (κ3) is 0.995. The Balaban J connectivity index is 2.25. The van der Waals surface area contributed by atoms with Gasteiger partial charge >= 0.3 is 0 Å². The lowest BCUT2D eigenvalue weighted by Crippen LogP contribution is -2.57. The molecule has 1 saturated heterocycles.